The van der Waals surface area contributed by atoms with Gasteiger partial charge in [0.15, 0.2) is 0 Å². The molecule has 0 aromatic heterocycles. The van der Waals surface area contributed by atoms with E-state index in [1.54, 1.807) is 0 Å². The van der Waals surface area contributed by atoms with Crippen LogP contribution in [0.25, 0.3) is 0 Å². The van der Waals surface area contributed by atoms with Crippen LogP contribution in [0.15, 0.2) is 42.5 Å². The first-order valence-corrected chi connectivity index (χ1v) is 7.24. The summed E-state index contributed by atoms with van der Waals surface area (Å²) in [4.78, 5) is 23.4. The van der Waals surface area contributed by atoms with Crippen LogP contribution in [-0.4, -0.2) is 18.5 Å². The smallest absolute Gasteiger partial charge is 0.319 e. The Kier molecular flexibility index (Phi) is 5.78. The summed E-state index contributed by atoms with van der Waals surface area (Å²) < 4.78 is 12.7. The van der Waals surface area contributed by atoms with Crippen molar-refractivity contribution in [3.8, 4) is 0 Å². The fraction of sp³-hybridized carbons (Fsp3) is 0.0667. The average molecular weight is 356 g/mol. The van der Waals surface area contributed by atoms with Crippen molar-refractivity contribution in [3.63, 3.8) is 0 Å². The topological polar surface area (TPSA) is 70.2 Å². The van der Waals surface area contributed by atoms with Gasteiger partial charge in [-0.3, -0.25) is 4.79 Å². The highest BCUT2D eigenvalue weighted by Crippen LogP contribution is 2.22. The zero-order chi connectivity index (χ0) is 16.8. The van der Waals surface area contributed by atoms with E-state index in [1.165, 1.54) is 42.5 Å². The predicted octanol–water partition coefficient (Wildman–Crippen LogP) is 3.89. The molecule has 0 bridgehead atoms. The number of hydrogen-bond acceptors (Lipinski definition) is 2. The van der Waals surface area contributed by atoms with Crippen molar-refractivity contribution in [1.82, 2.24) is 5.32 Å². The van der Waals surface area contributed by atoms with Gasteiger partial charge in [-0.1, -0.05) is 23.2 Å². The number of urea groups is 1. The molecule has 5 nitrogen and oxygen atoms in total. The van der Waals surface area contributed by atoms with E-state index < -0.39 is 17.8 Å². The molecule has 3 N–H and O–H groups in total. The van der Waals surface area contributed by atoms with Crippen molar-refractivity contribution < 1.29 is 14.0 Å². The van der Waals surface area contributed by atoms with Crippen molar-refractivity contribution >= 4 is 46.5 Å². The number of halogens is 3. The molecule has 0 unspecified atom stereocenters. The first-order chi connectivity index (χ1) is 10.9. The molecule has 0 heterocycles. The standard InChI is InChI=1S/C15H12Cl2FN3O2/c16-9-5-10(17)7-13(6-9)21-15(23)19-8-14(22)20-12-3-1-11(18)2-4-12/h1-7H,8H2,(H,20,22)(H2,19,21,23). The maximum atomic E-state index is 12.7. The van der Waals surface area contributed by atoms with Gasteiger partial charge in [0.05, 0.1) is 6.54 Å². The Morgan fingerprint density at radius 2 is 1.52 bits per heavy atom. The molecule has 0 saturated carbocycles. The monoisotopic (exact) mass is 355 g/mol. The van der Waals surface area contributed by atoms with E-state index in [9.17, 15) is 14.0 Å². The molecule has 0 aliphatic heterocycles. The summed E-state index contributed by atoms with van der Waals surface area (Å²) in [5.41, 5.74) is 0.833. The maximum Gasteiger partial charge on any atom is 0.319 e. The van der Waals surface area contributed by atoms with Gasteiger partial charge in [0, 0.05) is 21.4 Å². The normalized spacial score (nSPS) is 10.0. The molecule has 3 amide bonds. The number of benzene rings is 2. The third kappa shape index (κ3) is 5.77. The molecule has 0 atom stereocenters. The summed E-state index contributed by atoms with van der Waals surface area (Å²) in [6.45, 7) is -0.252. The Labute approximate surface area is 141 Å². The third-order valence-corrected chi connectivity index (χ3v) is 3.09. The van der Waals surface area contributed by atoms with E-state index in [1.807, 2.05) is 0 Å². The molecule has 0 aliphatic rings. The van der Waals surface area contributed by atoms with Gasteiger partial charge in [-0.15, -0.1) is 0 Å². The lowest BCUT2D eigenvalue weighted by Gasteiger charge is -2.09. The van der Waals surface area contributed by atoms with Gasteiger partial charge in [-0.05, 0) is 42.5 Å². The number of amides is 3. The van der Waals surface area contributed by atoms with Gasteiger partial charge in [-0.25, -0.2) is 9.18 Å². The summed E-state index contributed by atoms with van der Waals surface area (Å²) >= 11 is 11.6. The van der Waals surface area contributed by atoms with Crippen LogP contribution in [0.3, 0.4) is 0 Å². The molecule has 2 rings (SSSR count). The largest absolute Gasteiger partial charge is 0.329 e. The Morgan fingerprint density at radius 3 is 2.13 bits per heavy atom. The zero-order valence-corrected chi connectivity index (χ0v) is 13.2. The number of carbonyl (C=O) groups excluding carboxylic acids is 2. The fourth-order valence-electron chi connectivity index (χ4n) is 1.70. The summed E-state index contributed by atoms with van der Waals surface area (Å²) in [6.07, 6.45) is 0. The lowest BCUT2D eigenvalue weighted by atomic mass is 10.3. The molecule has 0 radical (unpaired) electrons. The summed E-state index contributed by atoms with van der Waals surface area (Å²) in [6, 6.07) is 9.26. The van der Waals surface area contributed by atoms with Gasteiger partial charge >= 0.3 is 6.03 Å². The highest BCUT2D eigenvalue weighted by molar-refractivity contribution is 6.35. The molecule has 8 heteroatoms. The van der Waals surface area contributed by atoms with E-state index in [0.717, 1.165) is 0 Å². The highest BCUT2D eigenvalue weighted by atomic mass is 35.5. The summed E-state index contributed by atoms with van der Waals surface area (Å²) in [7, 11) is 0. The number of nitrogens with one attached hydrogen (secondary N) is 3. The van der Waals surface area contributed by atoms with Crippen LogP contribution in [-0.2, 0) is 4.79 Å². The Balaban J connectivity index is 1.81. The minimum absolute atomic E-state index is 0.252. The molecule has 2 aromatic rings. The molecule has 0 aliphatic carbocycles. The van der Waals surface area contributed by atoms with Crippen LogP contribution in [0.4, 0.5) is 20.6 Å². The number of anilines is 2. The fourth-order valence-corrected chi connectivity index (χ4v) is 2.23. The van der Waals surface area contributed by atoms with E-state index >= 15 is 0 Å². The van der Waals surface area contributed by atoms with Crippen LogP contribution in [0.1, 0.15) is 0 Å². The average Bonchev–Trinajstić information content (AvgIpc) is 2.46. The summed E-state index contributed by atoms with van der Waals surface area (Å²) in [5.74, 6) is -0.850. The Morgan fingerprint density at radius 1 is 0.913 bits per heavy atom. The predicted molar refractivity (Wildman–Crippen MR) is 88.5 cm³/mol. The van der Waals surface area contributed by atoms with Crippen LogP contribution in [0.2, 0.25) is 10.0 Å². The van der Waals surface area contributed by atoms with Crippen molar-refractivity contribution in [3.05, 3.63) is 58.3 Å². The van der Waals surface area contributed by atoms with Crippen molar-refractivity contribution in [2.45, 2.75) is 0 Å². The number of hydrogen-bond donors (Lipinski definition) is 3. The van der Waals surface area contributed by atoms with Gasteiger partial charge in [0.1, 0.15) is 5.82 Å². The van der Waals surface area contributed by atoms with Crippen LogP contribution < -0.4 is 16.0 Å². The first-order valence-electron chi connectivity index (χ1n) is 6.49. The Hall–Kier alpha value is -2.31. The van der Waals surface area contributed by atoms with Gasteiger partial charge in [0.2, 0.25) is 5.91 Å². The molecule has 0 spiro atoms. The second-order valence-electron chi connectivity index (χ2n) is 4.52. The van der Waals surface area contributed by atoms with E-state index in [4.69, 9.17) is 23.2 Å². The minimum atomic E-state index is -0.586. The second kappa shape index (κ2) is 7.80. The second-order valence-corrected chi connectivity index (χ2v) is 5.39. The van der Waals surface area contributed by atoms with Crippen molar-refractivity contribution in [1.29, 1.82) is 0 Å². The number of carbonyl (C=O) groups is 2. The van der Waals surface area contributed by atoms with Crippen molar-refractivity contribution in [2.24, 2.45) is 0 Å². The molecular weight excluding hydrogens is 344 g/mol. The lowest BCUT2D eigenvalue weighted by Crippen LogP contribution is -2.35. The minimum Gasteiger partial charge on any atom is -0.329 e. The van der Waals surface area contributed by atoms with Crippen LogP contribution >= 0.6 is 23.2 Å². The molecule has 23 heavy (non-hydrogen) atoms. The van der Waals surface area contributed by atoms with E-state index in [-0.39, 0.29) is 6.54 Å². The van der Waals surface area contributed by atoms with Gasteiger partial charge < -0.3 is 16.0 Å². The van der Waals surface area contributed by atoms with Crippen molar-refractivity contribution in [2.75, 3.05) is 17.2 Å². The zero-order valence-electron chi connectivity index (χ0n) is 11.7. The molecule has 0 saturated heterocycles. The molecule has 0 fully saturated rings. The number of rotatable bonds is 4. The third-order valence-electron chi connectivity index (χ3n) is 2.66. The summed E-state index contributed by atoms with van der Waals surface area (Å²) in [5, 5.41) is 8.15. The quantitative estimate of drug-likeness (QED) is 0.778. The Bertz CT molecular complexity index is 703. The lowest BCUT2D eigenvalue weighted by molar-refractivity contribution is -0.115. The van der Waals surface area contributed by atoms with Crippen LogP contribution in [0, 0.1) is 5.82 Å². The highest BCUT2D eigenvalue weighted by Gasteiger charge is 2.07. The first kappa shape index (κ1) is 17.1. The van der Waals surface area contributed by atoms with Gasteiger partial charge in [-0.2, -0.15) is 0 Å². The maximum absolute atomic E-state index is 12.7. The molecule has 2 aromatic carbocycles. The van der Waals surface area contributed by atoms with E-state index in [0.29, 0.717) is 21.4 Å². The van der Waals surface area contributed by atoms with E-state index in [2.05, 4.69) is 16.0 Å². The molecule has 120 valence electrons. The van der Waals surface area contributed by atoms with Gasteiger partial charge in [0.25, 0.3) is 0 Å². The SMILES string of the molecule is O=C(CNC(=O)Nc1cc(Cl)cc(Cl)c1)Nc1ccc(F)cc1. The van der Waals surface area contributed by atoms with Crippen LogP contribution in [0.5, 0.6) is 0 Å². The molecular formula is C15H12Cl2FN3O2.